The molecule has 2 nitrogen and oxygen atoms in total. The van der Waals surface area contributed by atoms with Crippen LogP contribution < -0.4 is 5.32 Å². The van der Waals surface area contributed by atoms with Crippen molar-refractivity contribution in [2.75, 3.05) is 6.54 Å². The number of allylic oxidation sites excluding steroid dienone is 1. The predicted octanol–water partition coefficient (Wildman–Crippen LogP) is 5.17. The Hall–Kier alpha value is -1.94. The molecule has 0 atom stereocenters. The maximum Gasteiger partial charge on any atom is 0.261 e. The third-order valence-electron chi connectivity index (χ3n) is 4.08. The van der Waals surface area contributed by atoms with E-state index in [1.807, 2.05) is 12.1 Å². The average molecular weight is 329 g/mol. The molecule has 0 saturated heterocycles. The van der Waals surface area contributed by atoms with Crippen molar-refractivity contribution < 1.29 is 9.18 Å². The molecule has 120 valence electrons. The highest BCUT2D eigenvalue weighted by atomic mass is 32.1. The summed E-state index contributed by atoms with van der Waals surface area (Å²) < 4.78 is 13.0. The highest BCUT2D eigenvalue weighted by molar-refractivity contribution is 7.17. The van der Waals surface area contributed by atoms with Gasteiger partial charge in [-0.2, -0.15) is 0 Å². The van der Waals surface area contributed by atoms with Gasteiger partial charge in [0.1, 0.15) is 5.82 Å². The van der Waals surface area contributed by atoms with Crippen LogP contribution in [0.5, 0.6) is 0 Å². The predicted molar refractivity (Wildman–Crippen MR) is 93.2 cm³/mol. The summed E-state index contributed by atoms with van der Waals surface area (Å²) in [6.07, 6.45) is 8.16. The summed E-state index contributed by atoms with van der Waals surface area (Å²) in [6.45, 7) is 0.689. The SMILES string of the molecule is O=C(NCCC1=CCCCC1)c1ccc(-c2ccc(F)cc2)s1. The van der Waals surface area contributed by atoms with E-state index in [-0.39, 0.29) is 11.7 Å². The molecule has 1 N–H and O–H groups in total. The van der Waals surface area contributed by atoms with E-state index < -0.39 is 0 Å². The topological polar surface area (TPSA) is 29.1 Å². The lowest BCUT2D eigenvalue weighted by Crippen LogP contribution is -2.23. The zero-order chi connectivity index (χ0) is 16.1. The molecule has 2 aromatic rings. The fourth-order valence-corrected chi connectivity index (χ4v) is 3.71. The van der Waals surface area contributed by atoms with Crippen LogP contribution in [0.15, 0.2) is 48.0 Å². The maximum atomic E-state index is 13.0. The molecule has 1 aliphatic carbocycles. The maximum absolute atomic E-state index is 13.0. The minimum absolute atomic E-state index is 0.0280. The molecule has 1 aromatic carbocycles. The Morgan fingerprint density at radius 3 is 2.70 bits per heavy atom. The van der Waals surface area contributed by atoms with Crippen LogP contribution in [0, 0.1) is 5.82 Å². The molecule has 1 aromatic heterocycles. The summed E-state index contributed by atoms with van der Waals surface area (Å²) in [5.41, 5.74) is 2.40. The van der Waals surface area contributed by atoms with E-state index in [9.17, 15) is 9.18 Å². The van der Waals surface area contributed by atoms with E-state index in [1.165, 1.54) is 54.7 Å². The molecular weight excluding hydrogens is 309 g/mol. The second kappa shape index (κ2) is 7.55. The minimum Gasteiger partial charge on any atom is -0.351 e. The number of benzene rings is 1. The molecule has 0 fully saturated rings. The summed E-state index contributed by atoms with van der Waals surface area (Å²) >= 11 is 1.44. The van der Waals surface area contributed by atoms with Crippen LogP contribution in [-0.2, 0) is 0 Å². The Kier molecular flexibility index (Phi) is 5.23. The summed E-state index contributed by atoms with van der Waals surface area (Å²) in [4.78, 5) is 13.9. The zero-order valence-corrected chi connectivity index (χ0v) is 13.8. The van der Waals surface area contributed by atoms with Crippen molar-refractivity contribution in [3.63, 3.8) is 0 Å². The summed E-state index contributed by atoms with van der Waals surface area (Å²) in [7, 11) is 0. The Balaban J connectivity index is 1.55. The van der Waals surface area contributed by atoms with Crippen LogP contribution in [0.3, 0.4) is 0 Å². The third kappa shape index (κ3) is 4.29. The highest BCUT2D eigenvalue weighted by Gasteiger charge is 2.11. The lowest BCUT2D eigenvalue weighted by atomic mass is 9.97. The molecular formula is C19H20FNOS. The average Bonchev–Trinajstić information content (AvgIpc) is 3.06. The van der Waals surface area contributed by atoms with Crippen molar-refractivity contribution >= 4 is 17.2 Å². The lowest BCUT2D eigenvalue weighted by Gasteiger charge is -2.12. The van der Waals surface area contributed by atoms with Crippen LogP contribution >= 0.6 is 11.3 Å². The van der Waals surface area contributed by atoms with Crippen LogP contribution in [0.2, 0.25) is 0 Å². The lowest BCUT2D eigenvalue weighted by molar-refractivity contribution is 0.0958. The van der Waals surface area contributed by atoms with Crippen molar-refractivity contribution in [2.24, 2.45) is 0 Å². The molecule has 3 rings (SSSR count). The fourth-order valence-electron chi connectivity index (χ4n) is 2.78. The van der Waals surface area contributed by atoms with Crippen molar-refractivity contribution in [3.8, 4) is 10.4 Å². The molecule has 1 amide bonds. The second-order valence-electron chi connectivity index (χ2n) is 5.78. The summed E-state index contributed by atoms with van der Waals surface area (Å²) in [5.74, 6) is -0.278. The van der Waals surface area contributed by atoms with E-state index in [4.69, 9.17) is 0 Å². The van der Waals surface area contributed by atoms with Gasteiger partial charge >= 0.3 is 0 Å². The second-order valence-corrected chi connectivity index (χ2v) is 6.87. The molecule has 23 heavy (non-hydrogen) atoms. The van der Waals surface area contributed by atoms with Crippen LogP contribution in [0.1, 0.15) is 41.8 Å². The number of nitrogens with one attached hydrogen (secondary N) is 1. The van der Waals surface area contributed by atoms with Gasteiger partial charge in [-0.05, 0) is 61.9 Å². The van der Waals surface area contributed by atoms with E-state index >= 15 is 0 Å². The van der Waals surface area contributed by atoms with E-state index in [2.05, 4.69) is 11.4 Å². The van der Waals surface area contributed by atoms with Crippen LogP contribution in [-0.4, -0.2) is 12.5 Å². The van der Waals surface area contributed by atoms with Crippen LogP contribution in [0.4, 0.5) is 4.39 Å². The number of rotatable bonds is 5. The highest BCUT2D eigenvalue weighted by Crippen LogP contribution is 2.28. The van der Waals surface area contributed by atoms with E-state index in [1.54, 1.807) is 12.1 Å². The minimum atomic E-state index is -0.250. The van der Waals surface area contributed by atoms with E-state index in [0.717, 1.165) is 16.9 Å². The fraction of sp³-hybridized carbons (Fsp3) is 0.316. The summed E-state index contributed by atoms with van der Waals surface area (Å²) in [5, 5.41) is 2.99. The Morgan fingerprint density at radius 2 is 1.96 bits per heavy atom. The quantitative estimate of drug-likeness (QED) is 0.753. The first-order chi connectivity index (χ1) is 11.2. The van der Waals surface area contributed by atoms with Gasteiger partial charge in [0.2, 0.25) is 0 Å². The number of carbonyl (C=O) groups excluding carboxylic acids is 1. The Bertz CT molecular complexity index is 702. The Labute approximate surface area is 140 Å². The van der Waals surface area contributed by atoms with Gasteiger partial charge in [0.15, 0.2) is 0 Å². The molecule has 1 heterocycles. The van der Waals surface area contributed by atoms with Crippen LogP contribution in [0.25, 0.3) is 10.4 Å². The molecule has 0 spiro atoms. The van der Waals surface area contributed by atoms with Gasteiger partial charge in [0.25, 0.3) is 5.91 Å². The molecule has 0 unspecified atom stereocenters. The van der Waals surface area contributed by atoms with Gasteiger partial charge in [-0.1, -0.05) is 23.8 Å². The summed E-state index contributed by atoms with van der Waals surface area (Å²) in [6, 6.07) is 10.1. The first-order valence-corrected chi connectivity index (χ1v) is 8.86. The third-order valence-corrected chi connectivity index (χ3v) is 5.21. The Morgan fingerprint density at radius 1 is 1.13 bits per heavy atom. The number of hydrogen-bond acceptors (Lipinski definition) is 2. The normalized spacial score (nSPS) is 14.4. The molecule has 0 bridgehead atoms. The van der Waals surface area contributed by atoms with Gasteiger partial charge in [-0.3, -0.25) is 4.79 Å². The number of carbonyl (C=O) groups is 1. The van der Waals surface area contributed by atoms with Gasteiger partial charge < -0.3 is 5.32 Å². The van der Waals surface area contributed by atoms with Crippen molar-refractivity contribution in [1.82, 2.24) is 5.32 Å². The first-order valence-electron chi connectivity index (χ1n) is 8.04. The molecule has 4 heteroatoms. The molecule has 0 saturated carbocycles. The van der Waals surface area contributed by atoms with Crippen molar-refractivity contribution in [2.45, 2.75) is 32.1 Å². The molecule has 0 aliphatic heterocycles. The van der Waals surface area contributed by atoms with Gasteiger partial charge in [0, 0.05) is 11.4 Å². The first kappa shape index (κ1) is 15.9. The largest absolute Gasteiger partial charge is 0.351 e. The number of thiophene rings is 1. The number of amides is 1. The number of halogens is 1. The van der Waals surface area contributed by atoms with Gasteiger partial charge in [-0.25, -0.2) is 4.39 Å². The van der Waals surface area contributed by atoms with Gasteiger partial charge in [-0.15, -0.1) is 11.3 Å². The number of hydrogen-bond donors (Lipinski definition) is 1. The zero-order valence-electron chi connectivity index (χ0n) is 13.0. The molecule has 1 aliphatic rings. The monoisotopic (exact) mass is 329 g/mol. The van der Waals surface area contributed by atoms with Crippen molar-refractivity contribution in [1.29, 1.82) is 0 Å². The van der Waals surface area contributed by atoms with Gasteiger partial charge in [0.05, 0.1) is 4.88 Å². The molecule has 0 radical (unpaired) electrons. The van der Waals surface area contributed by atoms with E-state index in [0.29, 0.717) is 11.4 Å². The van der Waals surface area contributed by atoms with Crippen molar-refractivity contribution in [3.05, 3.63) is 58.7 Å². The smallest absolute Gasteiger partial charge is 0.261 e. The standard InChI is InChI=1S/C19H20FNOS/c20-16-8-6-15(7-9-16)17-10-11-18(23-17)19(22)21-13-12-14-4-2-1-3-5-14/h4,6-11H,1-3,5,12-13H2,(H,21,22).